The number of rotatable bonds is 3. The Hall–Kier alpha value is -1.78. The van der Waals surface area contributed by atoms with Gasteiger partial charge in [0.25, 0.3) is 0 Å². The van der Waals surface area contributed by atoms with E-state index in [9.17, 15) is 0 Å². The molecule has 5 heteroatoms. The third-order valence-electron chi connectivity index (χ3n) is 3.13. The average molecular weight is 248 g/mol. The van der Waals surface area contributed by atoms with Crippen LogP contribution in [0.1, 0.15) is 24.8 Å². The molecule has 1 aliphatic rings. The van der Waals surface area contributed by atoms with E-state index in [0.29, 0.717) is 18.4 Å². The second kappa shape index (κ2) is 6.23. The Bertz CT molecular complexity index is 413. The molecule has 1 aliphatic heterocycles. The number of hydrogen-bond donors (Lipinski definition) is 1. The molecule has 0 aliphatic carbocycles. The summed E-state index contributed by atoms with van der Waals surface area (Å²) in [7, 11) is 1.61. The Kier molecular flexibility index (Phi) is 4.39. The van der Waals surface area contributed by atoms with E-state index >= 15 is 0 Å². The summed E-state index contributed by atoms with van der Waals surface area (Å²) in [5, 5.41) is 0. The van der Waals surface area contributed by atoms with Crippen LogP contribution in [0.4, 0.5) is 0 Å². The smallest absolute Gasteiger partial charge is 0.218 e. The molecule has 0 radical (unpaired) electrons. The van der Waals surface area contributed by atoms with Crippen LogP contribution in [0.5, 0.6) is 5.88 Å². The van der Waals surface area contributed by atoms with Crippen molar-refractivity contribution in [3.63, 3.8) is 0 Å². The fraction of sp³-hybridized carbons (Fsp3) is 0.538. The fourth-order valence-electron chi connectivity index (χ4n) is 2.12. The van der Waals surface area contributed by atoms with Gasteiger partial charge in [-0.3, -0.25) is 0 Å². The van der Waals surface area contributed by atoms with Crippen LogP contribution in [0.15, 0.2) is 23.3 Å². The summed E-state index contributed by atoms with van der Waals surface area (Å²) in [6.45, 7) is 2.54. The second-order valence-electron chi connectivity index (χ2n) is 4.39. The van der Waals surface area contributed by atoms with Crippen molar-refractivity contribution in [2.75, 3.05) is 20.2 Å². The van der Waals surface area contributed by atoms with Crippen molar-refractivity contribution in [3.8, 4) is 5.88 Å². The van der Waals surface area contributed by atoms with Crippen LogP contribution in [0.3, 0.4) is 0 Å². The first-order valence-electron chi connectivity index (χ1n) is 6.34. The van der Waals surface area contributed by atoms with Gasteiger partial charge in [-0.05, 0) is 25.3 Å². The summed E-state index contributed by atoms with van der Waals surface area (Å²) >= 11 is 0. The van der Waals surface area contributed by atoms with Crippen LogP contribution in [-0.4, -0.2) is 36.0 Å². The van der Waals surface area contributed by atoms with E-state index in [1.165, 1.54) is 19.3 Å². The van der Waals surface area contributed by atoms with Gasteiger partial charge in [-0.1, -0.05) is 6.07 Å². The molecule has 2 rings (SSSR count). The first kappa shape index (κ1) is 12.7. The quantitative estimate of drug-likeness (QED) is 0.648. The zero-order valence-corrected chi connectivity index (χ0v) is 10.8. The minimum atomic E-state index is 0.513. The highest BCUT2D eigenvalue weighted by Crippen LogP contribution is 2.15. The van der Waals surface area contributed by atoms with E-state index in [-0.39, 0.29) is 0 Å². The van der Waals surface area contributed by atoms with Crippen molar-refractivity contribution in [1.29, 1.82) is 0 Å². The SMILES string of the molecule is COc1ncccc1CN=C(N)N1CCCCC1. The van der Waals surface area contributed by atoms with E-state index in [1.807, 2.05) is 12.1 Å². The fourth-order valence-corrected chi connectivity index (χ4v) is 2.12. The highest BCUT2D eigenvalue weighted by atomic mass is 16.5. The van der Waals surface area contributed by atoms with Gasteiger partial charge in [0.05, 0.1) is 13.7 Å². The molecule has 0 atom stereocenters. The highest BCUT2D eigenvalue weighted by Gasteiger charge is 2.12. The predicted molar refractivity (Wildman–Crippen MR) is 71.5 cm³/mol. The van der Waals surface area contributed by atoms with Crippen LogP contribution in [0.2, 0.25) is 0 Å². The van der Waals surface area contributed by atoms with Crippen molar-refractivity contribution in [3.05, 3.63) is 23.9 Å². The Morgan fingerprint density at radius 1 is 1.44 bits per heavy atom. The first-order chi connectivity index (χ1) is 8.81. The lowest BCUT2D eigenvalue weighted by atomic mass is 10.1. The number of hydrogen-bond acceptors (Lipinski definition) is 3. The van der Waals surface area contributed by atoms with Crippen LogP contribution in [-0.2, 0) is 6.54 Å². The van der Waals surface area contributed by atoms with E-state index in [1.54, 1.807) is 13.3 Å². The van der Waals surface area contributed by atoms with Gasteiger partial charge in [0.2, 0.25) is 5.88 Å². The first-order valence-corrected chi connectivity index (χ1v) is 6.34. The number of likely N-dealkylation sites (tertiary alicyclic amines) is 1. The molecule has 0 unspecified atom stereocenters. The Labute approximate surface area is 108 Å². The summed E-state index contributed by atoms with van der Waals surface area (Å²) in [6.07, 6.45) is 5.40. The number of aliphatic imine (C=N–C) groups is 1. The molecule has 1 aromatic heterocycles. The standard InChI is InChI=1S/C13H20N4O/c1-18-12-11(6-5-7-15-12)10-16-13(14)17-8-3-2-4-9-17/h5-7H,2-4,8-10H2,1H3,(H2,14,16). The van der Waals surface area contributed by atoms with Gasteiger partial charge < -0.3 is 15.4 Å². The molecule has 1 saturated heterocycles. The minimum Gasteiger partial charge on any atom is -0.481 e. The van der Waals surface area contributed by atoms with Crippen LogP contribution >= 0.6 is 0 Å². The monoisotopic (exact) mass is 248 g/mol. The van der Waals surface area contributed by atoms with Crippen LogP contribution < -0.4 is 10.5 Å². The van der Waals surface area contributed by atoms with Gasteiger partial charge in [0.15, 0.2) is 5.96 Å². The van der Waals surface area contributed by atoms with Gasteiger partial charge in [-0.2, -0.15) is 0 Å². The number of ether oxygens (including phenoxy) is 1. The minimum absolute atomic E-state index is 0.513. The molecule has 1 fully saturated rings. The maximum atomic E-state index is 6.00. The average Bonchev–Trinajstić information content (AvgIpc) is 2.46. The summed E-state index contributed by atoms with van der Waals surface area (Å²) < 4.78 is 5.19. The van der Waals surface area contributed by atoms with Crippen molar-refractivity contribution in [2.45, 2.75) is 25.8 Å². The molecule has 18 heavy (non-hydrogen) atoms. The zero-order chi connectivity index (χ0) is 12.8. The van der Waals surface area contributed by atoms with Crippen molar-refractivity contribution < 1.29 is 4.74 Å². The molecular weight excluding hydrogens is 228 g/mol. The topological polar surface area (TPSA) is 63.7 Å². The molecule has 0 aromatic carbocycles. The zero-order valence-electron chi connectivity index (χ0n) is 10.8. The number of nitrogens with zero attached hydrogens (tertiary/aromatic N) is 3. The van der Waals surface area contributed by atoms with E-state index in [0.717, 1.165) is 18.7 Å². The number of nitrogens with two attached hydrogens (primary N) is 1. The molecule has 0 saturated carbocycles. The molecule has 2 heterocycles. The van der Waals surface area contributed by atoms with Gasteiger partial charge in [0, 0.05) is 24.8 Å². The predicted octanol–water partition coefficient (Wildman–Crippen LogP) is 1.39. The number of pyridine rings is 1. The third kappa shape index (κ3) is 3.12. The second-order valence-corrected chi connectivity index (χ2v) is 4.39. The Balaban J connectivity index is 2.00. The molecule has 1 aromatic rings. The summed E-state index contributed by atoms with van der Waals surface area (Å²) in [4.78, 5) is 10.7. The number of guanidine groups is 1. The van der Waals surface area contributed by atoms with Crippen LogP contribution in [0.25, 0.3) is 0 Å². The van der Waals surface area contributed by atoms with E-state index in [4.69, 9.17) is 10.5 Å². The number of methoxy groups -OCH3 is 1. The maximum absolute atomic E-state index is 6.00. The van der Waals surface area contributed by atoms with Gasteiger partial charge >= 0.3 is 0 Å². The van der Waals surface area contributed by atoms with Gasteiger partial charge in [-0.15, -0.1) is 0 Å². The Morgan fingerprint density at radius 3 is 2.94 bits per heavy atom. The van der Waals surface area contributed by atoms with Gasteiger partial charge in [0.1, 0.15) is 0 Å². The Morgan fingerprint density at radius 2 is 2.22 bits per heavy atom. The highest BCUT2D eigenvalue weighted by molar-refractivity contribution is 5.78. The summed E-state index contributed by atoms with van der Waals surface area (Å²) in [5.74, 6) is 1.24. The van der Waals surface area contributed by atoms with Crippen molar-refractivity contribution >= 4 is 5.96 Å². The lowest BCUT2D eigenvalue weighted by molar-refractivity contribution is 0.338. The van der Waals surface area contributed by atoms with Crippen LogP contribution in [0, 0.1) is 0 Å². The largest absolute Gasteiger partial charge is 0.481 e. The summed E-state index contributed by atoms with van der Waals surface area (Å²) in [5.41, 5.74) is 6.96. The number of piperidine rings is 1. The van der Waals surface area contributed by atoms with Crippen molar-refractivity contribution in [1.82, 2.24) is 9.88 Å². The lowest BCUT2D eigenvalue weighted by Crippen LogP contribution is -2.40. The maximum Gasteiger partial charge on any atom is 0.218 e. The molecule has 2 N–H and O–H groups in total. The molecule has 0 amide bonds. The normalized spacial score (nSPS) is 16.7. The molecule has 5 nitrogen and oxygen atoms in total. The third-order valence-corrected chi connectivity index (χ3v) is 3.13. The lowest BCUT2D eigenvalue weighted by Gasteiger charge is -2.27. The molecule has 0 spiro atoms. The summed E-state index contributed by atoms with van der Waals surface area (Å²) in [6, 6.07) is 3.84. The molecular formula is C13H20N4O. The van der Waals surface area contributed by atoms with Gasteiger partial charge in [-0.25, -0.2) is 9.98 Å². The van der Waals surface area contributed by atoms with E-state index < -0.39 is 0 Å². The van der Waals surface area contributed by atoms with E-state index in [2.05, 4.69) is 14.9 Å². The number of aromatic nitrogens is 1. The molecule has 0 bridgehead atoms. The van der Waals surface area contributed by atoms with Crippen molar-refractivity contribution in [2.24, 2.45) is 10.7 Å². The molecule has 98 valence electrons.